The van der Waals surface area contributed by atoms with Crippen LogP contribution >= 0.6 is 0 Å². The van der Waals surface area contributed by atoms with E-state index in [4.69, 9.17) is 37.2 Å². The molecule has 1 aliphatic carbocycles. The van der Waals surface area contributed by atoms with Crippen molar-refractivity contribution in [3.63, 3.8) is 0 Å². The quantitative estimate of drug-likeness (QED) is 0.0407. The number of unbranched alkanes of at least 4 members (excludes halogenated alkanes) is 9. The normalized spacial score (nSPS) is 23.0. The molecule has 2 aromatic rings. The van der Waals surface area contributed by atoms with Gasteiger partial charge in [0.05, 0.1) is 62.1 Å². The lowest BCUT2D eigenvalue weighted by Gasteiger charge is -2.33. The second kappa shape index (κ2) is 36.9. The SMILES string of the molecule is CCCC(=CB1OC(C)(C)C(C)(C)O1)C(O)c1ccccc1.CCCCC(C)(O)C(=CB1OC(C)(C)C(C)(C)O1)CCC.CCCCCCC(C)(O)C(=CB1OC(C)(C)C(C)(C)O1)CCC.CCCCCCCCC(=CB1OC(C)(C)C(C)(C)O1)C(O)(c1ccccc1)C1CC1. The molecule has 0 radical (unpaired) electrons. The Morgan fingerprint density at radius 2 is 0.708 bits per heavy atom. The van der Waals surface area contributed by atoms with Gasteiger partial charge >= 0.3 is 28.5 Å². The van der Waals surface area contributed by atoms with E-state index in [9.17, 15) is 20.4 Å². The highest BCUT2D eigenvalue weighted by Crippen LogP contribution is 2.52. The molecule has 16 heteroatoms. The molecule has 4 saturated heterocycles. The van der Waals surface area contributed by atoms with E-state index >= 15 is 0 Å². The van der Waals surface area contributed by atoms with Gasteiger partial charge in [0.15, 0.2) is 0 Å². The molecule has 5 fully saturated rings. The van der Waals surface area contributed by atoms with Gasteiger partial charge in [-0.25, -0.2) is 0 Å². The molecule has 0 aromatic heterocycles. The Morgan fingerprint density at radius 3 is 1.06 bits per heavy atom. The van der Waals surface area contributed by atoms with Gasteiger partial charge < -0.3 is 57.7 Å². The average molecular weight is 1340 g/mol. The van der Waals surface area contributed by atoms with Crippen LogP contribution in [0.2, 0.25) is 0 Å². The Balaban J connectivity index is 0.000000275. The van der Waals surface area contributed by atoms with Crippen molar-refractivity contribution < 1.29 is 57.7 Å². The Hall–Kier alpha value is -2.82. The number of aliphatic hydroxyl groups is 4. The molecule has 4 heterocycles. The van der Waals surface area contributed by atoms with Crippen LogP contribution in [0, 0.1) is 5.92 Å². The fraction of sp³-hybridized carbons (Fsp3) is 0.750. The molecule has 4 atom stereocenters. The summed E-state index contributed by atoms with van der Waals surface area (Å²) in [5.41, 5.74) is 0.764. The second-order valence-corrected chi connectivity index (χ2v) is 32.8. The first kappa shape index (κ1) is 85.6. The fourth-order valence-electron chi connectivity index (χ4n) is 12.7. The Labute approximate surface area is 588 Å². The zero-order valence-electron chi connectivity index (χ0n) is 65.4. The van der Waals surface area contributed by atoms with E-state index in [2.05, 4.69) is 143 Å². The van der Waals surface area contributed by atoms with Crippen molar-refractivity contribution in [2.45, 2.75) is 382 Å². The molecule has 4 N–H and O–H groups in total. The summed E-state index contributed by atoms with van der Waals surface area (Å²) in [5.74, 6) is 8.33. The first-order valence-electron chi connectivity index (χ1n) is 37.8. The van der Waals surface area contributed by atoms with Crippen LogP contribution in [-0.2, 0) is 42.8 Å². The van der Waals surface area contributed by atoms with Crippen LogP contribution < -0.4 is 0 Å². The fourth-order valence-corrected chi connectivity index (χ4v) is 12.7. The van der Waals surface area contributed by atoms with Crippen LogP contribution in [0.15, 0.2) is 107 Å². The number of rotatable bonds is 32. The highest BCUT2D eigenvalue weighted by atomic mass is 16.7. The molecule has 542 valence electrons. The highest BCUT2D eigenvalue weighted by Gasteiger charge is 2.55. The molecule has 12 nitrogen and oxygen atoms in total. The number of hydrogen-bond donors (Lipinski definition) is 4. The maximum Gasteiger partial charge on any atom is 0.487 e. The second-order valence-electron chi connectivity index (χ2n) is 32.8. The summed E-state index contributed by atoms with van der Waals surface area (Å²) in [4.78, 5) is 0. The largest absolute Gasteiger partial charge is 0.487 e. The third-order valence-electron chi connectivity index (χ3n) is 22.1. The molecule has 96 heavy (non-hydrogen) atoms. The molecule has 4 unspecified atom stereocenters. The zero-order chi connectivity index (χ0) is 72.2. The molecular formula is C80H138B4O12. The summed E-state index contributed by atoms with van der Waals surface area (Å²) in [6.07, 6.45) is 23.8. The minimum Gasteiger partial charge on any atom is -0.400 e. The summed E-state index contributed by atoms with van der Waals surface area (Å²) in [6, 6.07) is 19.9. The van der Waals surface area contributed by atoms with E-state index in [-0.39, 0.29) is 65.0 Å². The number of hydrogen-bond acceptors (Lipinski definition) is 12. The van der Waals surface area contributed by atoms with Crippen molar-refractivity contribution in [2.24, 2.45) is 5.92 Å². The molecule has 1 saturated carbocycles. The van der Waals surface area contributed by atoms with Gasteiger partial charge in [-0.05, 0) is 222 Å². The summed E-state index contributed by atoms with van der Waals surface area (Å²) < 4.78 is 48.8. The lowest BCUT2D eigenvalue weighted by Crippen LogP contribution is -2.41. The van der Waals surface area contributed by atoms with E-state index in [1.165, 1.54) is 51.4 Å². The van der Waals surface area contributed by atoms with E-state index in [1.807, 2.05) is 108 Å². The van der Waals surface area contributed by atoms with Crippen LogP contribution in [0.4, 0.5) is 0 Å². The predicted octanol–water partition coefficient (Wildman–Crippen LogP) is 20.0. The standard InChI is InChI=1S/C26H41BO3.C19H37BO3.C18H27BO3.C17H33BO3/c1-6-7-8-9-10-12-17-23(20-27-29-24(2,3)25(4,5)30-27)26(28,22-18-19-22)21-15-13-11-14-16-21;1-8-10-11-12-14-19(7,21)16(13-9-2)15-20-22-17(3,4)18(5,6)23-20;1-6-10-15(16(20)14-11-8-7-9-12-14)13-19-21-17(2,3)18(4,5)22-19;1-8-10-12-17(7,19)14(11-9-2)13-18-20-15(3,4)16(5,6)21-18/h11,13-16,20,22,28H,6-10,12,17-19H2,1-5H3;15,21H,8-14H2,1-7H3;7-9,11-13,16,20H,6,10H2,1-5H3;13,19H,8-12H2,1-7H3. The lowest BCUT2D eigenvalue weighted by molar-refractivity contribution is 0.00578. The minimum absolute atomic E-state index is 0.286. The van der Waals surface area contributed by atoms with Gasteiger partial charge in [-0.2, -0.15) is 0 Å². The zero-order valence-corrected chi connectivity index (χ0v) is 65.4. The average Bonchev–Trinajstić information content (AvgIpc) is 1.60. The van der Waals surface area contributed by atoms with Gasteiger partial charge in [-0.1, -0.05) is 216 Å². The van der Waals surface area contributed by atoms with Gasteiger partial charge in [0.1, 0.15) is 5.60 Å². The van der Waals surface area contributed by atoms with Crippen LogP contribution in [-0.4, -0.2) is 105 Å². The molecule has 0 amide bonds. The first-order valence-corrected chi connectivity index (χ1v) is 37.8. The van der Waals surface area contributed by atoms with Crippen molar-refractivity contribution >= 4 is 28.5 Å². The molecule has 2 aromatic carbocycles. The van der Waals surface area contributed by atoms with Crippen molar-refractivity contribution in [1.29, 1.82) is 0 Å². The van der Waals surface area contributed by atoms with Crippen molar-refractivity contribution in [2.75, 3.05) is 0 Å². The molecule has 0 spiro atoms. The highest BCUT2D eigenvalue weighted by molar-refractivity contribution is 6.53. The molecule has 7 rings (SSSR count). The number of aliphatic hydroxyl groups excluding tert-OH is 1. The summed E-state index contributed by atoms with van der Waals surface area (Å²) in [7, 11) is -1.57. The van der Waals surface area contributed by atoms with Crippen molar-refractivity contribution in [3.8, 4) is 0 Å². The molecular weight excluding hydrogens is 1200 g/mol. The topological polar surface area (TPSA) is 155 Å². The van der Waals surface area contributed by atoms with Crippen LogP contribution in [0.3, 0.4) is 0 Å². The molecule has 0 bridgehead atoms. The lowest BCUT2D eigenvalue weighted by atomic mass is 9.74. The van der Waals surface area contributed by atoms with E-state index < -0.39 is 37.1 Å². The van der Waals surface area contributed by atoms with Gasteiger partial charge in [0, 0.05) is 0 Å². The molecule has 5 aliphatic rings. The monoisotopic (exact) mass is 1340 g/mol. The summed E-state index contributed by atoms with van der Waals surface area (Å²) in [6.45, 7) is 49.7. The molecule has 4 aliphatic heterocycles. The van der Waals surface area contributed by atoms with Crippen LogP contribution in [0.25, 0.3) is 0 Å². The van der Waals surface area contributed by atoms with Gasteiger partial charge in [0.2, 0.25) is 0 Å². The third kappa shape index (κ3) is 24.2. The van der Waals surface area contributed by atoms with Gasteiger partial charge in [0.25, 0.3) is 0 Å². The van der Waals surface area contributed by atoms with E-state index in [1.54, 1.807) is 0 Å². The minimum atomic E-state index is -0.922. The first-order chi connectivity index (χ1) is 44.6. The summed E-state index contributed by atoms with van der Waals surface area (Å²) in [5, 5.41) is 44.4. The Kier molecular flexibility index (Phi) is 32.9. The van der Waals surface area contributed by atoms with Gasteiger partial charge in [-0.15, -0.1) is 0 Å². The predicted molar refractivity (Wildman–Crippen MR) is 403 cm³/mol. The van der Waals surface area contributed by atoms with Crippen LogP contribution in [0.1, 0.15) is 331 Å². The van der Waals surface area contributed by atoms with E-state index in [0.29, 0.717) is 0 Å². The Bertz CT molecular complexity index is 2660. The smallest absolute Gasteiger partial charge is 0.400 e. The summed E-state index contributed by atoms with van der Waals surface area (Å²) >= 11 is 0. The maximum atomic E-state index is 12.1. The maximum absolute atomic E-state index is 12.1. The third-order valence-corrected chi connectivity index (χ3v) is 22.1. The van der Waals surface area contributed by atoms with Gasteiger partial charge in [-0.3, -0.25) is 0 Å². The Morgan fingerprint density at radius 1 is 0.396 bits per heavy atom. The van der Waals surface area contributed by atoms with Crippen molar-refractivity contribution in [3.05, 3.63) is 118 Å². The van der Waals surface area contributed by atoms with E-state index in [0.717, 1.165) is 130 Å². The van der Waals surface area contributed by atoms with Crippen LogP contribution in [0.5, 0.6) is 0 Å². The number of benzene rings is 2. The van der Waals surface area contributed by atoms with Crippen molar-refractivity contribution in [1.82, 2.24) is 0 Å².